The lowest BCUT2D eigenvalue weighted by Crippen LogP contribution is -2.34. The van der Waals surface area contributed by atoms with Crippen LogP contribution < -0.4 is 4.90 Å². The van der Waals surface area contributed by atoms with Crippen molar-refractivity contribution in [2.75, 3.05) is 11.4 Å². The first-order chi connectivity index (χ1) is 10.4. The first-order valence-electron chi connectivity index (χ1n) is 6.91. The molecule has 0 aliphatic carbocycles. The fourth-order valence-corrected chi connectivity index (χ4v) is 3.05. The Morgan fingerprint density at radius 1 is 1.14 bits per heavy atom. The number of nitrogens with zero attached hydrogens (tertiary/aromatic N) is 5. The lowest BCUT2D eigenvalue weighted by molar-refractivity contribution is 0.557. The molecule has 5 nitrogen and oxygen atoms in total. The number of aromatic nitrogens is 4. The molecule has 3 aromatic rings. The first kappa shape index (κ1) is 12.6. The van der Waals surface area contributed by atoms with Crippen LogP contribution in [-0.2, 0) is 19.0 Å². The maximum absolute atomic E-state index is 6.02. The van der Waals surface area contributed by atoms with Crippen molar-refractivity contribution in [3.8, 4) is 0 Å². The van der Waals surface area contributed by atoms with Crippen LogP contribution in [-0.4, -0.2) is 26.3 Å². The second kappa shape index (κ2) is 5.00. The van der Waals surface area contributed by atoms with Crippen LogP contribution in [0.4, 0.5) is 5.82 Å². The van der Waals surface area contributed by atoms with Gasteiger partial charge >= 0.3 is 0 Å². The van der Waals surface area contributed by atoms with Crippen LogP contribution in [0.5, 0.6) is 0 Å². The van der Waals surface area contributed by atoms with E-state index in [0.29, 0.717) is 5.88 Å². The van der Waals surface area contributed by atoms with Crippen molar-refractivity contribution in [3.05, 3.63) is 48.2 Å². The molecule has 1 aliphatic rings. The van der Waals surface area contributed by atoms with E-state index in [1.54, 1.807) is 6.33 Å². The summed E-state index contributed by atoms with van der Waals surface area (Å²) in [5.41, 5.74) is 1.07. The highest BCUT2D eigenvalue weighted by Crippen LogP contribution is 2.29. The molecule has 4 rings (SSSR count). The summed E-state index contributed by atoms with van der Waals surface area (Å²) in [6.07, 6.45) is 3.67. The van der Waals surface area contributed by atoms with E-state index in [4.69, 9.17) is 11.6 Å². The molecular weight excluding hydrogens is 286 g/mol. The predicted octanol–water partition coefficient (Wildman–Crippen LogP) is 2.59. The smallest absolute Gasteiger partial charge is 0.152 e. The summed E-state index contributed by atoms with van der Waals surface area (Å²) in [6.45, 7) is 2.52. The molecule has 2 aromatic heterocycles. The van der Waals surface area contributed by atoms with Gasteiger partial charge in [-0.2, -0.15) is 0 Å². The van der Waals surface area contributed by atoms with Crippen molar-refractivity contribution >= 4 is 28.2 Å². The number of alkyl halides is 1. The molecule has 0 amide bonds. The van der Waals surface area contributed by atoms with E-state index in [0.717, 1.165) is 42.2 Å². The Morgan fingerprint density at radius 2 is 2.00 bits per heavy atom. The fourth-order valence-electron chi connectivity index (χ4n) is 2.84. The van der Waals surface area contributed by atoms with Gasteiger partial charge in [0.15, 0.2) is 5.82 Å². The van der Waals surface area contributed by atoms with Gasteiger partial charge in [-0.3, -0.25) is 0 Å². The van der Waals surface area contributed by atoms with Gasteiger partial charge in [-0.1, -0.05) is 24.3 Å². The average molecular weight is 300 g/mol. The van der Waals surface area contributed by atoms with Crippen LogP contribution in [0, 0.1) is 0 Å². The van der Waals surface area contributed by atoms with E-state index in [9.17, 15) is 0 Å². The second-order valence-corrected chi connectivity index (χ2v) is 5.42. The molecule has 106 valence electrons. The Kier molecular flexibility index (Phi) is 3.00. The minimum Gasteiger partial charge on any atom is -0.347 e. The van der Waals surface area contributed by atoms with Crippen molar-refractivity contribution < 1.29 is 0 Å². The predicted molar refractivity (Wildman–Crippen MR) is 82.4 cm³/mol. The third-order valence-corrected chi connectivity index (χ3v) is 4.23. The van der Waals surface area contributed by atoms with Crippen LogP contribution in [0.15, 0.2) is 36.8 Å². The minimum absolute atomic E-state index is 0.474. The third kappa shape index (κ3) is 2.05. The summed E-state index contributed by atoms with van der Waals surface area (Å²) in [6, 6.07) is 8.28. The molecule has 0 spiro atoms. The molecule has 1 aliphatic heterocycles. The summed E-state index contributed by atoms with van der Waals surface area (Å²) < 4.78 is 2.09. The normalized spacial score (nSPS) is 14.4. The van der Waals surface area contributed by atoms with Gasteiger partial charge < -0.3 is 9.47 Å². The highest BCUT2D eigenvalue weighted by Gasteiger charge is 2.20. The SMILES string of the molecule is ClCc1cnc(N2CCn3cnnc3C2)c2ccccc12. The van der Waals surface area contributed by atoms with Crippen LogP contribution in [0.3, 0.4) is 0 Å². The number of anilines is 1. The van der Waals surface area contributed by atoms with Crippen molar-refractivity contribution in [1.82, 2.24) is 19.7 Å². The molecule has 0 fully saturated rings. The van der Waals surface area contributed by atoms with E-state index in [-0.39, 0.29) is 0 Å². The van der Waals surface area contributed by atoms with Gasteiger partial charge in [0, 0.05) is 30.6 Å². The summed E-state index contributed by atoms with van der Waals surface area (Å²) in [5.74, 6) is 2.45. The molecule has 0 bridgehead atoms. The van der Waals surface area contributed by atoms with Gasteiger partial charge in [0.1, 0.15) is 12.1 Å². The average Bonchev–Trinajstić information content (AvgIpc) is 3.01. The lowest BCUT2D eigenvalue weighted by atomic mass is 10.1. The van der Waals surface area contributed by atoms with Crippen molar-refractivity contribution in [3.63, 3.8) is 0 Å². The number of pyridine rings is 1. The van der Waals surface area contributed by atoms with Crippen molar-refractivity contribution in [2.24, 2.45) is 0 Å². The summed E-state index contributed by atoms with van der Waals surface area (Å²) in [4.78, 5) is 6.90. The van der Waals surface area contributed by atoms with Gasteiger partial charge in [0.2, 0.25) is 0 Å². The largest absolute Gasteiger partial charge is 0.347 e. The second-order valence-electron chi connectivity index (χ2n) is 5.15. The number of halogens is 1. The quantitative estimate of drug-likeness (QED) is 0.682. The van der Waals surface area contributed by atoms with E-state index >= 15 is 0 Å². The zero-order valence-corrected chi connectivity index (χ0v) is 12.2. The zero-order chi connectivity index (χ0) is 14.2. The van der Waals surface area contributed by atoms with Gasteiger partial charge in [0.05, 0.1) is 6.54 Å². The summed E-state index contributed by atoms with van der Waals surface area (Å²) in [7, 11) is 0. The van der Waals surface area contributed by atoms with Gasteiger partial charge in [-0.05, 0) is 10.9 Å². The Bertz CT molecular complexity index is 798. The Balaban J connectivity index is 1.81. The molecular formula is C15H14ClN5. The zero-order valence-electron chi connectivity index (χ0n) is 11.4. The maximum atomic E-state index is 6.02. The Labute approximate surface area is 127 Å². The molecule has 0 N–H and O–H groups in total. The molecule has 21 heavy (non-hydrogen) atoms. The van der Waals surface area contributed by atoms with Crippen LogP contribution in [0.25, 0.3) is 10.8 Å². The molecule has 0 saturated heterocycles. The van der Waals surface area contributed by atoms with Crippen LogP contribution >= 0.6 is 11.6 Å². The molecule has 0 radical (unpaired) electrons. The molecule has 3 heterocycles. The van der Waals surface area contributed by atoms with Crippen molar-refractivity contribution in [1.29, 1.82) is 0 Å². The highest BCUT2D eigenvalue weighted by atomic mass is 35.5. The summed E-state index contributed by atoms with van der Waals surface area (Å²) in [5, 5.41) is 10.5. The van der Waals surface area contributed by atoms with E-state index in [1.165, 1.54) is 5.39 Å². The van der Waals surface area contributed by atoms with E-state index in [1.807, 2.05) is 18.3 Å². The van der Waals surface area contributed by atoms with Crippen LogP contribution in [0.1, 0.15) is 11.4 Å². The molecule has 0 atom stereocenters. The maximum Gasteiger partial charge on any atom is 0.152 e. The number of hydrogen-bond acceptors (Lipinski definition) is 4. The molecule has 0 unspecified atom stereocenters. The van der Waals surface area contributed by atoms with Crippen molar-refractivity contribution in [2.45, 2.75) is 19.0 Å². The molecule has 1 aromatic carbocycles. The van der Waals surface area contributed by atoms with Gasteiger partial charge in [0.25, 0.3) is 0 Å². The summed E-state index contributed by atoms with van der Waals surface area (Å²) >= 11 is 6.02. The fraction of sp³-hybridized carbons (Fsp3) is 0.267. The van der Waals surface area contributed by atoms with Crippen LogP contribution in [0.2, 0.25) is 0 Å². The van der Waals surface area contributed by atoms with Gasteiger partial charge in [-0.15, -0.1) is 21.8 Å². The first-order valence-corrected chi connectivity index (χ1v) is 7.44. The Hall–Kier alpha value is -2.14. The monoisotopic (exact) mass is 299 g/mol. The van der Waals surface area contributed by atoms with Gasteiger partial charge in [-0.25, -0.2) is 4.98 Å². The third-order valence-electron chi connectivity index (χ3n) is 3.94. The minimum atomic E-state index is 0.474. The number of benzene rings is 1. The van der Waals surface area contributed by atoms with E-state index < -0.39 is 0 Å². The highest BCUT2D eigenvalue weighted by molar-refractivity contribution is 6.18. The topological polar surface area (TPSA) is 46.8 Å². The molecule has 0 saturated carbocycles. The standard InChI is InChI=1S/C15H14ClN5/c16-7-11-8-17-15(13-4-2-1-3-12(11)13)20-5-6-21-10-18-19-14(21)9-20/h1-4,8,10H,5-7,9H2. The number of rotatable bonds is 2. The number of fused-ring (bicyclic) bond motifs is 2. The van der Waals surface area contributed by atoms with E-state index in [2.05, 4.69) is 36.8 Å². The molecule has 6 heteroatoms. The number of hydrogen-bond donors (Lipinski definition) is 0. The lowest BCUT2D eigenvalue weighted by Gasteiger charge is -2.29. The Morgan fingerprint density at radius 3 is 2.86 bits per heavy atom.